The van der Waals surface area contributed by atoms with Crippen molar-refractivity contribution in [2.75, 3.05) is 12.3 Å². The number of fused-ring (bicyclic) bond motifs is 1. The van der Waals surface area contributed by atoms with Gasteiger partial charge in [0.1, 0.15) is 24.1 Å². The van der Waals surface area contributed by atoms with Gasteiger partial charge in [-0.15, -0.1) is 0 Å². The van der Waals surface area contributed by atoms with Gasteiger partial charge in [-0.3, -0.25) is 13.9 Å². The Labute approximate surface area is 188 Å². The number of aliphatic hydroxyl groups is 1. The molecule has 190 valence electrons. The monoisotopic (exact) mass is 549 g/mol. The van der Waals surface area contributed by atoms with Gasteiger partial charge in [-0.1, -0.05) is 0 Å². The van der Waals surface area contributed by atoms with Crippen LogP contribution < -0.4 is 5.73 Å². The zero-order chi connectivity index (χ0) is 25.5. The second-order valence-corrected chi connectivity index (χ2v) is 11.0. The van der Waals surface area contributed by atoms with Gasteiger partial charge in [0, 0.05) is 6.92 Å². The molecule has 34 heavy (non-hydrogen) atoms. The van der Waals surface area contributed by atoms with Crippen LogP contribution in [0.1, 0.15) is 13.2 Å². The highest BCUT2D eigenvalue weighted by Gasteiger charge is 2.49. The van der Waals surface area contributed by atoms with Gasteiger partial charge in [0.05, 0.1) is 12.9 Å². The predicted octanol–water partition coefficient (Wildman–Crippen LogP) is -1.06. The minimum absolute atomic E-state index is 0.0250. The number of aliphatic hydroxyl groups excluding tert-OH is 1. The number of carbonyl (C=O) groups excluding carboxylic acids is 1. The number of rotatable bonds is 9. The molecule has 0 spiro atoms. The van der Waals surface area contributed by atoms with E-state index in [-0.39, 0.29) is 17.0 Å². The van der Waals surface area contributed by atoms with Crippen molar-refractivity contribution in [2.24, 2.45) is 0 Å². The van der Waals surface area contributed by atoms with Crippen molar-refractivity contribution < 1.29 is 65.8 Å². The summed E-state index contributed by atoms with van der Waals surface area (Å²) in [6.07, 6.45) is -3.53. The first-order chi connectivity index (χ1) is 15.6. The first kappa shape index (κ1) is 26.7. The summed E-state index contributed by atoms with van der Waals surface area (Å²) in [5.41, 5.74) is 6.01. The lowest BCUT2D eigenvalue weighted by molar-refractivity contribution is -0.153. The molecule has 1 aliphatic heterocycles. The van der Waals surface area contributed by atoms with Gasteiger partial charge in [0.15, 0.2) is 23.8 Å². The van der Waals surface area contributed by atoms with Crippen molar-refractivity contribution in [2.45, 2.75) is 31.5 Å². The molecule has 0 radical (unpaired) electrons. The summed E-state index contributed by atoms with van der Waals surface area (Å²) in [7, 11) is -16.8. The van der Waals surface area contributed by atoms with Crippen LogP contribution >= 0.6 is 23.5 Å². The summed E-state index contributed by atoms with van der Waals surface area (Å²) < 4.78 is 57.7. The molecule has 3 heterocycles. The molecule has 0 amide bonds. The third-order valence-corrected chi connectivity index (χ3v) is 7.89. The topological polar surface area (TPSA) is 285 Å². The zero-order valence-corrected chi connectivity index (χ0v) is 19.5. The molecule has 0 bridgehead atoms. The van der Waals surface area contributed by atoms with Crippen LogP contribution in [-0.2, 0) is 41.1 Å². The average molecular weight is 549 g/mol. The minimum atomic E-state index is -5.75. The molecule has 1 fully saturated rings. The second-order valence-electron chi connectivity index (χ2n) is 6.60. The van der Waals surface area contributed by atoms with Crippen LogP contribution in [0, 0.1) is 0 Å². The Morgan fingerprint density at radius 1 is 1.15 bits per heavy atom. The molecule has 19 nitrogen and oxygen atoms in total. The summed E-state index contributed by atoms with van der Waals surface area (Å²) in [5.74, 6) is -0.837. The van der Waals surface area contributed by atoms with Crippen molar-refractivity contribution in [3.8, 4) is 0 Å². The van der Waals surface area contributed by atoms with Gasteiger partial charge < -0.3 is 39.9 Å². The third-order valence-electron chi connectivity index (χ3n) is 4.09. The summed E-state index contributed by atoms with van der Waals surface area (Å²) in [4.78, 5) is 59.2. The number of esters is 1. The first-order valence-corrected chi connectivity index (χ1v) is 13.3. The maximum atomic E-state index is 12.0. The molecule has 2 aromatic heterocycles. The summed E-state index contributed by atoms with van der Waals surface area (Å²) in [6, 6.07) is 0. The standard InChI is InChI=1S/C12H18N5O14P3/c1-5(18)28-9-6(2-27-33(23,24)31-34(25,26)30-32(20,21)22)29-12(8(9)19)17-4-16-7-10(13)14-3-15-11(7)17/h3-4,6,8-9,12,19H,2H2,1H3,(H,23,24)(H,25,26)(H2,13,14,15)(H2,20,21,22)/t6-,8?,9+,12-/m1/s1. The highest BCUT2D eigenvalue weighted by Crippen LogP contribution is 2.66. The van der Waals surface area contributed by atoms with E-state index in [2.05, 4.69) is 28.1 Å². The molecule has 1 saturated heterocycles. The number of carbonyl (C=O) groups is 1. The van der Waals surface area contributed by atoms with E-state index < -0.39 is 60.6 Å². The van der Waals surface area contributed by atoms with Crippen LogP contribution in [0.4, 0.5) is 5.82 Å². The molecule has 0 saturated carbocycles. The fourth-order valence-electron chi connectivity index (χ4n) is 2.95. The molecule has 2 aromatic rings. The fraction of sp³-hybridized carbons (Fsp3) is 0.500. The van der Waals surface area contributed by atoms with E-state index in [1.165, 1.54) is 10.9 Å². The number of anilines is 1. The van der Waals surface area contributed by atoms with E-state index in [1.807, 2.05) is 0 Å². The quantitative estimate of drug-likeness (QED) is 0.160. The molecule has 1 aliphatic rings. The molecular formula is C12H18N5O14P3. The van der Waals surface area contributed by atoms with Crippen molar-refractivity contribution in [1.29, 1.82) is 0 Å². The second kappa shape index (κ2) is 9.66. The average Bonchev–Trinajstić information content (AvgIpc) is 3.20. The largest absolute Gasteiger partial charge is 0.490 e. The minimum Gasteiger partial charge on any atom is -0.457 e. The molecule has 3 unspecified atom stereocenters. The van der Waals surface area contributed by atoms with Gasteiger partial charge in [0.2, 0.25) is 0 Å². The first-order valence-electron chi connectivity index (χ1n) is 8.81. The molecular weight excluding hydrogens is 531 g/mol. The van der Waals surface area contributed by atoms with Crippen molar-refractivity contribution in [3.63, 3.8) is 0 Å². The van der Waals surface area contributed by atoms with Gasteiger partial charge in [-0.05, 0) is 0 Å². The Balaban J connectivity index is 1.79. The highest BCUT2D eigenvalue weighted by molar-refractivity contribution is 7.66. The van der Waals surface area contributed by atoms with E-state index in [9.17, 15) is 33.4 Å². The lowest BCUT2D eigenvalue weighted by atomic mass is 10.1. The Bertz CT molecular complexity index is 1220. The van der Waals surface area contributed by atoms with E-state index >= 15 is 0 Å². The van der Waals surface area contributed by atoms with E-state index in [4.69, 9.17) is 25.0 Å². The zero-order valence-electron chi connectivity index (χ0n) is 16.8. The Kier molecular flexibility index (Phi) is 7.60. The van der Waals surface area contributed by atoms with Crippen LogP contribution in [0.15, 0.2) is 12.7 Å². The number of phosphoric ester groups is 1. The van der Waals surface area contributed by atoms with E-state index in [1.54, 1.807) is 0 Å². The van der Waals surface area contributed by atoms with Crippen molar-refractivity contribution >= 4 is 46.4 Å². The number of hydrogen-bond donors (Lipinski definition) is 6. The van der Waals surface area contributed by atoms with Crippen molar-refractivity contribution in [3.05, 3.63) is 12.7 Å². The number of nitrogen functional groups attached to an aromatic ring is 1. The molecule has 7 N–H and O–H groups in total. The number of hydrogen-bond acceptors (Lipinski definition) is 14. The number of aromatic nitrogens is 4. The normalized spacial score (nSPS) is 26.8. The summed E-state index contributed by atoms with van der Waals surface area (Å²) in [5, 5.41) is 10.7. The van der Waals surface area contributed by atoms with Gasteiger partial charge in [0.25, 0.3) is 0 Å². The van der Waals surface area contributed by atoms with Crippen molar-refractivity contribution in [1.82, 2.24) is 19.5 Å². The molecule has 3 rings (SSSR count). The SMILES string of the molecule is CC(=O)O[C@@H]1C(O)[C@H](n2cnc3c(N)ncnc32)O[C@@H]1COP(=O)(O)OP(=O)(O)OP(=O)(O)O. The van der Waals surface area contributed by atoms with Gasteiger partial charge in [-0.2, -0.15) is 8.62 Å². The molecule has 6 atom stereocenters. The van der Waals surface area contributed by atoms with Crippen LogP contribution in [-0.4, -0.2) is 75.1 Å². The van der Waals surface area contributed by atoms with Crippen LogP contribution in [0.2, 0.25) is 0 Å². The van der Waals surface area contributed by atoms with Crippen LogP contribution in [0.3, 0.4) is 0 Å². The Morgan fingerprint density at radius 3 is 2.44 bits per heavy atom. The van der Waals surface area contributed by atoms with Crippen LogP contribution in [0.25, 0.3) is 11.2 Å². The summed E-state index contributed by atoms with van der Waals surface area (Å²) >= 11 is 0. The number of imidazole rings is 1. The van der Waals surface area contributed by atoms with E-state index in [0.29, 0.717) is 0 Å². The predicted molar refractivity (Wildman–Crippen MR) is 105 cm³/mol. The Morgan fingerprint density at radius 2 is 1.82 bits per heavy atom. The molecule has 22 heteroatoms. The smallest absolute Gasteiger partial charge is 0.457 e. The maximum Gasteiger partial charge on any atom is 0.490 e. The van der Waals surface area contributed by atoms with Gasteiger partial charge in [-0.25, -0.2) is 28.6 Å². The van der Waals surface area contributed by atoms with Crippen LogP contribution in [0.5, 0.6) is 0 Å². The lowest BCUT2D eigenvalue weighted by Gasteiger charge is -2.21. The maximum absolute atomic E-state index is 12.0. The Hall–Kier alpha value is -1.85. The highest BCUT2D eigenvalue weighted by atomic mass is 31.3. The number of nitrogens with zero attached hydrogens (tertiary/aromatic N) is 4. The van der Waals surface area contributed by atoms with Gasteiger partial charge >= 0.3 is 29.4 Å². The molecule has 0 aromatic carbocycles. The molecule has 0 aliphatic carbocycles. The lowest BCUT2D eigenvalue weighted by Crippen LogP contribution is -2.37. The van der Waals surface area contributed by atoms with E-state index in [0.717, 1.165) is 13.3 Å². The summed E-state index contributed by atoms with van der Waals surface area (Å²) in [6.45, 7) is 0.0406. The number of ether oxygens (including phenoxy) is 2. The fourth-order valence-corrected chi connectivity index (χ4v) is 5.98. The number of phosphoric acid groups is 3. The third kappa shape index (κ3) is 6.42. The number of nitrogens with two attached hydrogens (primary N) is 1.